The van der Waals surface area contributed by atoms with Crippen molar-refractivity contribution in [2.75, 3.05) is 0 Å². The first-order valence-electron chi connectivity index (χ1n) is 9.17. The van der Waals surface area contributed by atoms with Gasteiger partial charge in [0.1, 0.15) is 5.76 Å². The Morgan fingerprint density at radius 3 is 2.83 bits per heavy atom. The van der Waals surface area contributed by atoms with Crippen LogP contribution in [-0.4, -0.2) is 11.1 Å². The van der Waals surface area contributed by atoms with E-state index in [0.29, 0.717) is 23.7 Å². The molecule has 6 atom stereocenters. The lowest BCUT2D eigenvalue weighted by atomic mass is 9.43. The Balaban J connectivity index is 1.75. The number of carboxylic acids is 1. The van der Waals surface area contributed by atoms with Crippen LogP contribution < -0.4 is 0 Å². The van der Waals surface area contributed by atoms with Gasteiger partial charge in [0.05, 0.1) is 11.7 Å². The van der Waals surface area contributed by atoms with Crippen molar-refractivity contribution < 1.29 is 14.3 Å². The van der Waals surface area contributed by atoms with Gasteiger partial charge in [0.15, 0.2) is 0 Å². The van der Waals surface area contributed by atoms with Crippen LogP contribution in [0.3, 0.4) is 0 Å². The standard InChI is InChI=1S/C20H28O3/c1-12-13-5-6-17-19(2,8-4-9-20(17,3)18(21)22)15(13)11-16-14(12)7-10-23-16/h7,10,12-13,15,17H,4-6,8-9,11H2,1-3H3,(H,21,22)/t12-,13+,15-,17+,19-,20+/m1/s1. The molecule has 0 unspecified atom stereocenters. The summed E-state index contributed by atoms with van der Waals surface area (Å²) >= 11 is 0. The molecule has 3 aliphatic rings. The zero-order chi connectivity index (χ0) is 16.4. The maximum absolute atomic E-state index is 12.0. The Labute approximate surface area is 138 Å². The molecule has 4 rings (SSSR count). The highest BCUT2D eigenvalue weighted by atomic mass is 16.4. The highest BCUT2D eigenvalue weighted by Crippen LogP contribution is 2.64. The van der Waals surface area contributed by atoms with E-state index in [1.165, 1.54) is 18.4 Å². The van der Waals surface area contributed by atoms with Gasteiger partial charge in [0.25, 0.3) is 0 Å². The lowest BCUT2D eigenvalue weighted by Gasteiger charge is -2.60. The normalized spacial score (nSPS) is 45.7. The Morgan fingerprint density at radius 2 is 2.09 bits per heavy atom. The number of hydrogen-bond donors (Lipinski definition) is 1. The summed E-state index contributed by atoms with van der Waals surface area (Å²) in [7, 11) is 0. The van der Waals surface area contributed by atoms with Gasteiger partial charge >= 0.3 is 5.97 Å². The van der Waals surface area contributed by atoms with Crippen molar-refractivity contribution >= 4 is 5.97 Å². The van der Waals surface area contributed by atoms with Gasteiger partial charge in [-0.05, 0) is 73.3 Å². The van der Waals surface area contributed by atoms with Crippen LogP contribution in [0.1, 0.15) is 70.1 Å². The van der Waals surface area contributed by atoms with E-state index in [-0.39, 0.29) is 5.41 Å². The molecule has 2 fully saturated rings. The van der Waals surface area contributed by atoms with E-state index >= 15 is 0 Å². The average molecular weight is 316 g/mol. The quantitative estimate of drug-likeness (QED) is 0.804. The third-order valence-electron chi connectivity index (χ3n) is 7.94. The number of rotatable bonds is 1. The van der Waals surface area contributed by atoms with E-state index in [9.17, 15) is 9.90 Å². The first-order chi connectivity index (χ1) is 10.9. The van der Waals surface area contributed by atoms with Crippen molar-refractivity contribution in [1.29, 1.82) is 0 Å². The molecule has 0 bridgehead atoms. The van der Waals surface area contributed by atoms with Crippen molar-refractivity contribution in [1.82, 2.24) is 0 Å². The molecule has 0 saturated heterocycles. The summed E-state index contributed by atoms with van der Waals surface area (Å²) in [5.74, 6) is 2.65. The van der Waals surface area contributed by atoms with Gasteiger partial charge in [-0.25, -0.2) is 0 Å². The van der Waals surface area contributed by atoms with Gasteiger partial charge in [0, 0.05) is 6.42 Å². The Bertz CT molecular complexity index is 633. The molecule has 0 aliphatic heterocycles. The van der Waals surface area contributed by atoms with E-state index < -0.39 is 11.4 Å². The van der Waals surface area contributed by atoms with Crippen molar-refractivity contribution in [3.63, 3.8) is 0 Å². The number of furan rings is 1. The van der Waals surface area contributed by atoms with Crippen LogP contribution in [0.2, 0.25) is 0 Å². The first kappa shape index (κ1) is 15.3. The van der Waals surface area contributed by atoms with E-state index in [1.54, 1.807) is 0 Å². The van der Waals surface area contributed by atoms with E-state index in [0.717, 1.165) is 31.4 Å². The molecule has 0 aromatic carbocycles. The third-order valence-corrected chi connectivity index (χ3v) is 7.94. The second kappa shape index (κ2) is 4.87. The van der Waals surface area contributed by atoms with Crippen LogP contribution in [0, 0.1) is 28.6 Å². The molecule has 1 N–H and O–H groups in total. The maximum atomic E-state index is 12.0. The molecular formula is C20H28O3. The Hall–Kier alpha value is -1.25. The fourth-order valence-electron chi connectivity index (χ4n) is 6.65. The molecule has 0 radical (unpaired) electrons. The average Bonchev–Trinajstić information content (AvgIpc) is 2.96. The zero-order valence-electron chi connectivity index (χ0n) is 14.5. The predicted molar refractivity (Wildman–Crippen MR) is 88.2 cm³/mol. The fraction of sp³-hybridized carbons (Fsp3) is 0.750. The van der Waals surface area contributed by atoms with Gasteiger partial charge in [-0.3, -0.25) is 4.79 Å². The second-order valence-corrected chi connectivity index (χ2v) is 8.77. The van der Waals surface area contributed by atoms with Crippen molar-refractivity contribution in [2.45, 2.75) is 65.2 Å². The smallest absolute Gasteiger partial charge is 0.309 e. The molecule has 0 spiro atoms. The molecule has 3 heteroatoms. The second-order valence-electron chi connectivity index (χ2n) is 8.77. The molecule has 0 amide bonds. The number of fused-ring (bicyclic) bond motifs is 4. The van der Waals surface area contributed by atoms with Crippen molar-refractivity contribution in [2.24, 2.45) is 28.6 Å². The number of carbonyl (C=O) groups is 1. The highest BCUT2D eigenvalue weighted by Gasteiger charge is 2.60. The van der Waals surface area contributed by atoms with Crippen LogP contribution in [0.5, 0.6) is 0 Å². The van der Waals surface area contributed by atoms with E-state index in [1.807, 2.05) is 13.2 Å². The minimum atomic E-state index is -0.588. The third kappa shape index (κ3) is 1.91. The van der Waals surface area contributed by atoms with Gasteiger partial charge in [0.2, 0.25) is 0 Å². The number of aliphatic carboxylic acids is 1. The molecule has 23 heavy (non-hydrogen) atoms. The number of hydrogen-bond acceptors (Lipinski definition) is 2. The molecular weight excluding hydrogens is 288 g/mol. The zero-order valence-corrected chi connectivity index (χ0v) is 14.5. The van der Waals surface area contributed by atoms with Crippen LogP contribution in [0.4, 0.5) is 0 Å². The molecule has 2 saturated carbocycles. The Morgan fingerprint density at radius 1 is 1.30 bits per heavy atom. The summed E-state index contributed by atoms with van der Waals surface area (Å²) in [6, 6.07) is 2.15. The molecule has 1 aromatic heterocycles. The van der Waals surface area contributed by atoms with Crippen LogP contribution >= 0.6 is 0 Å². The topological polar surface area (TPSA) is 50.4 Å². The maximum Gasteiger partial charge on any atom is 0.309 e. The van der Waals surface area contributed by atoms with Gasteiger partial charge in [-0.1, -0.05) is 20.3 Å². The summed E-state index contributed by atoms with van der Waals surface area (Å²) in [6.07, 6.45) is 8.11. The monoisotopic (exact) mass is 316 g/mol. The largest absolute Gasteiger partial charge is 0.481 e. The number of carboxylic acid groups (broad SMARTS) is 1. The van der Waals surface area contributed by atoms with Gasteiger partial charge in [-0.2, -0.15) is 0 Å². The van der Waals surface area contributed by atoms with Crippen molar-refractivity contribution in [3.8, 4) is 0 Å². The molecule has 3 nitrogen and oxygen atoms in total. The predicted octanol–water partition coefficient (Wildman–Crippen LogP) is 4.86. The lowest BCUT2D eigenvalue weighted by molar-refractivity contribution is -0.171. The molecule has 1 aromatic rings. The first-order valence-corrected chi connectivity index (χ1v) is 9.17. The van der Waals surface area contributed by atoms with Crippen LogP contribution in [0.15, 0.2) is 16.7 Å². The summed E-state index contributed by atoms with van der Waals surface area (Å²) in [4.78, 5) is 12.0. The van der Waals surface area contributed by atoms with Crippen molar-refractivity contribution in [3.05, 3.63) is 23.7 Å². The summed E-state index contributed by atoms with van der Waals surface area (Å²) < 4.78 is 5.78. The minimum Gasteiger partial charge on any atom is -0.481 e. The molecule has 126 valence electrons. The van der Waals surface area contributed by atoms with Crippen LogP contribution in [-0.2, 0) is 11.2 Å². The van der Waals surface area contributed by atoms with Gasteiger partial charge < -0.3 is 9.52 Å². The van der Waals surface area contributed by atoms with Gasteiger partial charge in [-0.15, -0.1) is 0 Å². The lowest BCUT2D eigenvalue weighted by Crippen LogP contribution is -2.56. The summed E-state index contributed by atoms with van der Waals surface area (Å²) in [5, 5.41) is 9.91. The summed E-state index contributed by atoms with van der Waals surface area (Å²) in [5.41, 5.74) is 0.975. The highest BCUT2D eigenvalue weighted by molar-refractivity contribution is 5.75. The molecule has 3 aliphatic carbocycles. The minimum absolute atomic E-state index is 0.132. The SMILES string of the molecule is C[C@H]1c2ccoc2C[C@@H]2[C@H]1CC[C@H]1[C@]2(C)CCC[C@]1(C)C(=O)O. The fourth-order valence-corrected chi connectivity index (χ4v) is 6.65. The van der Waals surface area contributed by atoms with E-state index in [4.69, 9.17) is 4.42 Å². The molecule has 1 heterocycles. The Kier molecular flexibility index (Phi) is 3.24. The van der Waals surface area contributed by atoms with E-state index in [2.05, 4.69) is 19.9 Å². The summed E-state index contributed by atoms with van der Waals surface area (Å²) in [6.45, 7) is 6.73. The van der Waals surface area contributed by atoms with Crippen LogP contribution in [0.25, 0.3) is 0 Å².